The lowest BCUT2D eigenvalue weighted by molar-refractivity contribution is 0.0924. The smallest absolute Gasteiger partial charge is 0.251 e. The van der Waals surface area contributed by atoms with Crippen molar-refractivity contribution in [2.45, 2.75) is 19.4 Å². The molecule has 0 spiro atoms. The van der Waals surface area contributed by atoms with Gasteiger partial charge in [-0.2, -0.15) is 0 Å². The molecule has 5 heteroatoms. The average molecular weight is 326 g/mol. The van der Waals surface area contributed by atoms with E-state index in [1.807, 2.05) is 37.3 Å². The summed E-state index contributed by atoms with van der Waals surface area (Å²) < 4.78 is 10.9. The lowest BCUT2D eigenvalue weighted by Gasteiger charge is -2.20. The summed E-state index contributed by atoms with van der Waals surface area (Å²) in [6, 6.07) is 9.53. The van der Waals surface area contributed by atoms with Crippen molar-refractivity contribution in [1.29, 1.82) is 0 Å². The molecule has 1 aliphatic rings. The highest BCUT2D eigenvalue weighted by Crippen LogP contribution is 2.23. The van der Waals surface area contributed by atoms with Gasteiger partial charge in [0.15, 0.2) is 0 Å². The predicted octanol–water partition coefficient (Wildman–Crippen LogP) is 2.39. The Morgan fingerprint density at radius 3 is 2.83 bits per heavy atom. The second kappa shape index (κ2) is 7.45. The molecule has 0 aliphatic carbocycles. The van der Waals surface area contributed by atoms with Crippen molar-refractivity contribution < 1.29 is 14.3 Å². The van der Waals surface area contributed by atoms with Gasteiger partial charge in [-0.15, -0.1) is 0 Å². The van der Waals surface area contributed by atoms with E-state index in [1.54, 1.807) is 19.5 Å². The van der Waals surface area contributed by atoms with Crippen molar-refractivity contribution in [3.63, 3.8) is 0 Å². The molecule has 24 heavy (non-hydrogen) atoms. The van der Waals surface area contributed by atoms with Crippen LogP contribution in [0, 0.1) is 12.8 Å². The van der Waals surface area contributed by atoms with E-state index >= 15 is 0 Å². The lowest BCUT2D eigenvalue weighted by atomic mass is 9.95. The third-order valence-corrected chi connectivity index (χ3v) is 4.51. The number of nitrogens with one attached hydrogen (secondary N) is 1. The molecule has 3 rings (SSSR count). The van der Waals surface area contributed by atoms with Crippen LogP contribution < -0.4 is 10.1 Å². The maximum absolute atomic E-state index is 12.7. The first-order valence-corrected chi connectivity index (χ1v) is 8.10. The lowest BCUT2D eigenvalue weighted by Crippen LogP contribution is -2.40. The number of pyridine rings is 1. The van der Waals surface area contributed by atoms with Crippen LogP contribution in [-0.2, 0) is 11.2 Å². The molecule has 1 saturated heterocycles. The van der Waals surface area contributed by atoms with E-state index in [4.69, 9.17) is 9.47 Å². The van der Waals surface area contributed by atoms with Gasteiger partial charge in [-0.05, 0) is 43.2 Å². The van der Waals surface area contributed by atoms with Crippen LogP contribution in [0.4, 0.5) is 0 Å². The minimum atomic E-state index is -0.0818. The Hall–Kier alpha value is -2.40. The van der Waals surface area contributed by atoms with Crippen molar-refractivity contribution in [2.75, 3.05) is 20.3 Å². The van der Waals surface area contributed by atoms with E-state index in [-0.39, 0.29) is 17.9 Å². The molecular formula is C19H22N2O3. The Bertz CT molecular complexity index is 703. The fraction of sp³-hybridized carbons (Fsp3) is 0.368. The Morgan fingerprint density at radius 2 is 2.08 bits per heavy atom. The molecule has 0 radical (unpaired) electrons. The summed E-state index contributed by atoms with van der Waals surface area (Å²) >= 11 is 0. The van der Waals surface area contributed by atoms with Crippen LogP contribution >= 0.6 is 0 Å². The summed E-state index contributed by atoms with van der Waals surface area (Å²) in [7, 11) is 1.61. The fourth-order valence-corrected chi connectivity index (χ4v) is 3.11. The molecule has 1 aromatic heterocycles. The minimum absolute atomic E-state index is 0.0104. The molecule has 2 heterocycles. The van der Waals surface area contributed by atoms with Gasteiger partial charge in [0.2, 0.25) is 0 Å². The van der Waals surface area contributed by atoms with Gasteiger partial charge in [-0.25, -0.2) is 0 Å². The molecule has 1 fully saturated rings. The van der Waals surface area contributed by atoms with Crippen LogP contribution in [0.15, 0.2) is 42.7 Å². The highest BCUT2D eigenvalue weighted by Gasteiger charge is 2.30. The number of hydrogen-bond donors (Lipinski definition) is 1. The van der Waals surface area contributed by atoms with E-state index in [9.17, 15) is 4.79 Å². The molecule has 126 valence electrons. The number of amides is 1. The molecule has 2 atom stereocenters. The zero-order valence-corrected chi connectivity index (χ0v) is 14.0. The van der Waals surface area contributed by atoms with E-state index in [0.29, 0.717) is 18.8 Å². The molecule has 1 aliphatic heterocycles. The second-order valence-corrected chi connectivity index (χ2v) is 6.07. The normalized spacial score (nSPS) is 19.9. The summed E-state index contributed by atoms with van der Waals surface area (Å²) in [5, 5.41) is 3.12. The Balaban J connectivity index is 1.69. The van der Waals surface area contributed by atoms with Crippen molar-refractivity contribution in [3.8, 4) is 5.75 Å². The third-order valence-electron chi connectivity index (χ3n) is 4.51. The second-order valence-electron chi connectivity index (χ2n) is 6.07. The third kappa shape index (κ3) is 3.57. The number of benzene rings is 1. The molecule has 5 nitrogen and oxygen atoms in total. The first-order valence-electron chi connectivity index (χ1n) is 8.10. The highest BCUT2D eigenvalue weighted by atomic mass is 16.5. The number of aromatic nitrogens is 1. The predicted molar refractivity (Wildman–Crippen MR) is 91.2 cm³/mol. The number of methoxy groups -OCH3 is 1. The van der Waals surface area contributed by atoms with Gasteiger partial charge in [0.25, 0.3) is 5.91 Å². The van der Waals surface area contributed by atoms with Gasteiger partial charge in [0.1, 0.15) is 5.75 Å². The Morgan fingerprint density at radius 1 is 1.29 bits per heavy atom. The average Bonchev–Trinajstić information content (AvgIpc) is 3.02. The van der Waals surface area contributed by atoms with E-state index in [2.05, 4.69) is 10.3 Å². The number of ether oxygens (including phenoxy) is 2. The SMILES string of the molecule is COc1cccc(C(=O)NC2COCC2Cc2ccncc2)c1C. The fourth-order valence-electron chi connectivity index (χ4n) is 3.11. The standard InChI is InChI=1S/C19H22N2O3/c1-13-16(4-3-5-18(13)23-2)19(22)21-17-12-24-11-15(17)10-14-6-8-20-9-7-14/h3-9,15,17H,10-12H2,1-2H3,(H,21,22). The number of nitrogens with zero attached hydrogens (tertiary/aromatic N) is 1. The van der Waals surface area contributed by atoms with Crippen LogP contribution in [0.5, 0.6) is 5.75 Å². The largest absolute Gasteiger partial charge is 0.496 e. The van der Waals surface area contributed by atoms with Crippen LogP contribution in [0.1, 0.15) is 21.5 Å². The molecule has 2 unspecified atom stereocenters. The maximum atomic E-state index is 12.7. The quantitative estimate of drug-likeness (QED) is 0.916. The van der Waals surface area contributed by atoms with Crippen molar-refractivity contribution >= 4 is 5.91 Å². The summed E-state index contributed by atoms with van der Waals surface area (Å²) in [4.78, 5) is 16.7. The van der Waals surface area contributed by atoms with Gasteiger partial charge in [-0.1, -0.05) is 6.07 Å². The first-order chi connectivity index (χ1) is 11.7. The highest BCUT2D eigenvalue weighted by molar-refractivity contribution is 5.96. The Kier molecular flexibility index (Phi) is 5.11. The van der Waals surface area contributed by atoms with Crippen LogP contribution in [0.2, 0.25) is 0 Å². The van der Waals surface area contributed by atoms with Crippen LogP contribution in [-0.4, -0.2) is 37.3 Å². The van der Waals surface area contributed by atoms with Gasteiger partial charge in [-0.3, -0.25) is 9.78 Å². The molecule has 1 N–H and O–H groups in total. The van der Waals surface area contributed by atoms with Gasteiger partial charge in [0, 0.05) is 29.4 Å². The van der Waals surface area contributed by atoms with Crippen LogP contribution in [0.25, 0.3) is 0 Å². The molecule has 0 saturated carbocycles. The summed E-state index contributed by atoms with van der Waals surface area (Å²) in [6.07, 6.45) is 4.45. The zero-order valence-electron chi connectivity index (χ0n) is 14.0. The summed E-state index contributed by atoms with van der Waals surface area (Å²) in [5.41, 5.74) is 2.70. The van der Waals surface area contributed by atoms with Crippen molar-refractivity contribution in [2.24, 2.45) is 5.92 Å². The number of carbonyl (C=O) groups excluding carboxylic acids is 1. The molecular weight excluding hydrogens is 304 g/mol. The molecule has 1 amide bonds. The van der Waals surface area contributed by atoms with Crippen molar-refractivity contribution in [3.05, 3.63) is 59.4 Å². The van der Waals surface area contributed by atoms with Gasteiger partial charge < -0.3 is 14.8 Å². The van der Waals surface area contributed by atoms with Crippen LogP contribution in [0.3, 0.4) is 0 Å². The van der Waals surface area contributed by atoms with Gasteiger partial charge >= 0.3 is 0 Å². The maximum Gasteiger partial charge on any atom is 0.251 e. The number of hydrogen-bond acceptors (Lipinski definition) is 4. The van der Waals surface area contributed by atoms with E-state index in [0.717, 1.165) is 17.7 Å². The minimum Gasteiger partial charge on any atom is -0.496 e. The van der Waals surface area contributed by atoms with Gasteiger partial charge in [0.05, 0.1) is 26.4 Å². The Labute approximate surface area is 142 Å². The summed E-state index contributed by atoms with van der Waals surface area (Å²) in [6.45, 7) is 3.10. The number of carbonyl (C=O) groups is 1. The molecule has 1 aromatic carbocycles. The number of rotatable bonds is 5. The molecule has 0 bridgehead atoms. The van der Waals surface area contributed by atoms with E-state index < -0.39 is 0 Å². The topological polar surface area (TPSA) is 60.5 Å². The first kappa shape index (κ1) is 16.5. The molecule has 2 aromatic rings. The zero-order chi connectivity index (χ0) is 16.9. The monoisotopic (exact) mass is 326 g/mol. The van der Waals surface area contributed by atoms with Crippen molar-refractivity contribution in [1.82, 2.24) is 10.3 Å². The van der Waals surface area contributed by atoms with E-state index in [1.165, 1.54) is 5.56 Å². The summed E-state index contributed by atoms with van der Waals surface area (Å²) in [5.74, 6) is 0.905.